The van der Waals surface area contributed by atoms with Crippen LogP contribution in [0.25, 0.3) is 0 Å². The lowest BCUT2D eigenvalue weighted by Crippen LogP contribution is -2.39. The Morgan fingerprint density at radius 1 is 1.26 bits per heavy atom. The molecule has 3 rings (SSSR count). The summed E-state index contributed by atoms with van der Waals surface area (Å²) in [7, 11) is 1.99. The van der Waals surface area contributed by atoms with Gasteiger partial charge in [0.2, 0.25) is 5.89 Å². The largest absolute Gasteiger partial charge is 0.381 e. The van der Waals surface area contributed by atoms with Gasteiger partial charge in [-0.05, 0) is 38.6 Å². The highest BCUT2D eigenvalue weighted by Gasteiger charge is 2.33. The normalized spacial score (nSPS) is 35.7. The van der Waals surface area contributed by atoms with Crippen molar-refractivity contribution in [2.24, 2.45) is 5.92 Å². The summed E-state index contributed by atoms with van der Waals surface area (Å²) in [6, 6.07) is 0.379. The van der Waals surface area contributed by atoms with Crippen LogP contribution in [-0.2, 0) is 4.74 Å². The topological polar surface area (TPSA) is 60.2 Å². The molecule has 1 aromatic rings. The summed E-state index contributed by atoms with van der Waals surface area (Å²) in [6.45, 7) is 3.78. The van der Waals surface area contributed by atoms with E-state index in [2.05, 4.69) is 22.4 Å². The molecule has 106 valence electrons. The zero-order valence-corrected chi connectivity index (χ0v) is 11.8. The lowest BCUT2D eigenvalue weighted by Gasteiger charge is -2.28. The van der Waals surface area contributed by atoms with E-state index in [1.54, 1.807) is 0 Å². The Kier molecular flexibility index (Phi) is 3.84. The van der Waals surface area contributed by atoms with Gasteiger partial charge < -0.3 is 14.6 Å². The molecular weight excluding hydrogens is 242 g/mol. The Morgan fingerprint density at radius 3 is 2.89 bits per heavy atom. The fraction of sp³-hybridized carbons (Fsp3) is 0.857. The number of nitrogens with one attached hydrogen (secondary N) is 1. The number of hydrogen-bond acceptors (Lipinski definition) is 5. The van der Waals surface area contributed by atoms with Crippen LogP contribution in [0.15, 0.2) is 4.52 Å². The molecule has 1 saturated carbocycles. The second-order valence-electron chi connectivity index (χ2n) is 5.97. The van der Waals surface area contributed by atoms with E-state index in [-0.39, 0.29) is 5.92 Å². The summed E-state index contributed by atoms with van der Waals surface area (Å²) in [5, 5.41) is 7.54. The smallest absolute Gasteiger partial charge is 0.233 e. The molecule has 1 N–H and O–H groups in total. The van der Waals surface area contributed by atoms with Crippen LogP contribution in [-0.4, -0.2) is 36.4 Å². The highest BCUT2D eigenvalue weighted by Crippen LogP contribution is 2.37. The van der Waals surface area contributed by atoms with Crippen molar-refractivity contribution >= 4 is 0 Å². The minimum atomic E-state index is 0.193. The van der Waals surface area contributed by atoms with Gasteiger partial charge >= 0.3 is 0 Å². The fourth-order valence-corrected chi connectivity index (χ4v) is 3.33. The Morgan fingerprint density at radius 2 is 2.16 bits per heavy atom. The third-order valence-corrected chi connectivity index (χ3v) is 4.56. The van der Waals surface area contributed by atoms with Crippen molar-refractivity contribution in [2.75, 3.05) is 20.3 Å². The van der Waals surface area contributed by atoms with Crippen molar-refractivity contribution in [1.82, 2.24) is 15.5 Å². The SMILES string of the molecule is CNC1CCOCC1c1nc(C2CCC(C)C2)no1. The summed E-state index contributed by atoms with van der Waals surface area (Å²) in [6.07, 6.45) is 4.66. The first-order valence-corrected chi connectivity index (χ1v) is 7.36. The predicted octanol–water partition coefficient (Wildman–Crippen LogP) is 2.07. The Balaban J connectivity index is 1.73. The van der Waals surface area contributed by atoms with Crippen molar-refractivity contribution in [1.29, 1.82) is 0 Å². The maximum atomic E-state index is 5.55. The van der Waals surface area contributed by atoms with Gasteiger partial charge in [0.1, 0.15) is 0 Å². The summed E-state index contributed by atoms with van der Waals surface area (Å²) in [4.78, 5) is 4.65. The summed E-state index contributed by atoms with van der Waals surface area (Å²) < 4.78 is 11.1. The molecule has 4 unspecified atom stereocenters. The first-order valence-electron chi connectivity index (χ1n) is 7.36. The third kappa shape index (κ3) is 2.67. The van der Waals surface area contributed by atoms with Gasteiger partial charge in [0.05, 0.1) is 12.5 Å². The van der Waals surface area contributed by atoms with Crippen LogP contribution in [0.5, 0.6) is 0 Å². The molecule has 2 heterocycles. The molecule has 0 aromatic carbocycles. The molecule has 5 nitrogen and oxygen atoms in total. The fourth-order valence-electron chi connectivity index (χ4n) is 3.33. The second kappa shape index (κ2) is 5.59. The lowest BCUT2D eigenvalue weighted by atomic mass is 9.96. The van der Waals surface area contributed by atoms with Gasteiger partial charge in [-0.3, -0.25) is 0 Å². The van der Waals surface area contributed by atoms with Crippen LogP contribution in [0, 0.1) is 5.92 Å². The second-order valence-corrected chi connectivity index (χ2v) is 5.97. The average Bonchev–Trinajstić information content (AvgIpc) is 3.07. The molecule has 1 aliphatic heterocycles. The predicted molar refractivity (Wildman–Crippen MR) is 71.1 cm³/mol. The van der Waals surface area contributed by atoms with E-state index in [0.717, 1.165) is 30.7 Å². The molecule has 0 spiro atoms. The summed E-state index contributed by atoms with van der Waals surface area (Å²) >= 11 is 0. The standard InChI is InChI=1S/C14H23N3O2/c1-9-3-4-10(7-9)13-16-14(19-17-13)11-8-18-6-5-12(11)15-2/h9-12,15H,3-8H2,1-2H3. The van der Waals surface area contributed by atoms with Crippen LogP contribution in [0.4, 0.5) is 0 Å². The van der Waals surface area contributed by atoms with Gasteiger partial charge in [-0.15, -0.1) is 0 Å². The molecule has 0 radical (unpaired) electrons. The minimum absolute atomic E-state index is 0.193. The van der Waals surface area contributed by atoms with Gasteiger partial charge in [0, 0.05) is 18.6 Å². The highest BCUT2D eigenvalue weighted by molar-refractivity contribution is 5.05. The van der Waals surface area contributed by atoms with E-state index in [9.17, 15) is 0 Å². The van der Waals surface area contributed by atoms with E-state index in [1.165, 1.54) is 19.3 Å². The van der Waals surface area contributed by atoms with E-state index in [0.29, 0.717) is 18.6 Å². The van der Waals surface area contributed by atoms with Crippen molar-refractivity contribution in [3.05, 3.63) is 11.7 Å². The van der Waals surface area contributed by atoms with E-state index in [4.69, 9.17) is 9.26 Å². The molecule has 1 aliphatic carbocycles. The average molecular weight is 265 g/mol. The minimum Gasteiger partial charge on any atom is -0.381 e. The van der Waals surface area contributed by atoms with Crippen LogP contribution in [0.2, 0.25) is 0 Å². The number of hydrogen-bond donors (Lipinski definition) is 1. The highest BCUT2D eigenvalue weighted by atomic mass is 16.5. The Labute approximate surface area is 114 Å². The van der Waals surface area contributed by atoms with Crippen LogP contribution >= 0.6 is 0 Å². The number of likely N-dealkylation sites (N-methyl/N-ethyl adjacent to an activating group) is 1. The number of ether oxygens (including phenoxy) is 1. The molecular formula is C14H23N3O2. The lowest BCUT2D eigenvalue weighted by molar-refractivity contribution is 0.0516. The number of nitrogens with zero attached hydrogens (tertiary/aromatic N) is 2. The monoisotopic (exact) mass is 265 g/mol. The molecule has 0 bridgehead atoms. The molecule has 1 aromatic heterocycles. The summed E-state index contributed by atoms with van der Waals surface area (Å²) in [5.41, 5.74) is 0. The Hall–Kier alpha value is -0.940. The number of aromatic nitrogens is 2. The maximum absolute atomic E-state index is 5.55. The molecule has 0 amide bonds. The Bertz CT molecular complexity index is 421. The van der Waals surface area contributed by atoms with Crippen molar-refractivity contribution in [2.45, 2.75) is 50.5 Å². The van der Waals surface area contributed by atoms with E-state index in [1.807, 2.05) is 7.05 Å². The maximum Gasteiger partial charge on any atom is 0.233 e. The van der Waals surface area contributed by atoms with E-state index >= 15 is 0 Å². The molecule has 4 atom stereocenters. The molecule has 5 heteroatoms. The molecule has 2 aliphatic rings. The zero-order chi connectivity index (χ0) is 13.2. The number of rotatable bonds is 3. The summed E-state index contributed by atoms with van der Waals surface area (Å²) in [5.74, 6) is 3.12. The van der Waals surface area contributed by atoms with Gasteiger partial charge in [-0.2, -0.15) is 4.98 Å². The third-order valence-electron chi connectivity index (χ3n) is 4.56. The van der Waals surface area contributed by atoms with Gasteiger partial charge in [-0.25, -0.2) is 0 Å². The van der Waals surface area contributed by atoms with Gasteiger partial charge in [0.25, 0.3) is 0 Å². The van der Waals surface area contributed by atoms with Crippen molar-refractivity contribution in [3.8, 4) is 0 Å². The van der Waals surface area contributed by atoms with Gasteiger partial charge in [0.15, 0.2) is 5.82 Å². The first-order chi connectivity index (χ1) is 9.28. The van der Waals surface area contributed by atoms with Crippen molar-refractivity contribution in [3.63, 3.8) is 0 Å². The zero-order valence-electron chi connectivity index (χ0n) is 11.8. The van der Waals surface area contributed by atoms with Crippen LogP contribution in [0.3, 0.4) is 0 Å². The van der Waals surface area contributed by atoms with Crippen molar-refractivity contribution < 1.29 is 9.26 Å². The molecule has 2 fully saturated rings. The van der Waals surface area contributed by atoms with Crippen LogP contribution in [0.1, 0.15) is 56.2 Å². The van der Waals surface area contributed by atoms with Crippen LogP contribution < -0.4 is 5.32 Å². The first kappa shape index (κ1) is 13.1. The van der Waals surface area contributed by atoms with E-state index < -0.39 is 0 Å². The quantitative estimate of drug-likeness (QED) is 0.906. The molecule has 1 saturated heterocycles. The molecule has 19 heavy (non-hydrogen) atoms. The van der Waals surface area contributed by atoms with Gasteiger partial charge in [-0.1, -0.05) is 12.1 Å².